The first-order chi connectivity index (χ1) is 14.4. The molecule has 1 aliphatic rings. The molecule has 1 aliphatic heterocycles. The number of hydrogen-bond donors (Lipinski definition) is 1. The number of benzene rings is 1. The van der Waals surface area contributed by atoms with E-state index in [-0.39, 0.29) is 30.9 Å². The van der Waals surface area contributed by atoms with Crippen LogP contribution in [0.4, 0.5) is 0 Å². The molecule has 6 nitrogen and oxygen atoms in total. The lowest BCUT2D eigenvalue weighted by atomic mass is 10.0. The van der Waals surface area contributed by atoms with Crippen molar-refractivity contribution in [2.45, 2.75) is 58.0 Å². The van der Waals surface area contributed by atoms with Crippen LogP contribution in [0.3, 0.4) is 0 Å². The van der Waals surface area contributed by atoms with Gasteiger partial charge in [-0.3, -0.25) is 4.98 Å². The third-order valence-electron chi connectivity index (χ3n) is 5.64. The van der Waals surface area contributed by atoms with Gasteiger partial charge in [-0.25, -0.2) is 13.1 Å². The third-order valence-corrected chi connectivity index (χ3v) is 6.37. The van der Waals surface area contributed by atoms with E-state index in [1.807, 2.05) is 12.3 Å². The highest BCUT2D eigenvalue weighted by molar-refractivity contribution is 7.88. The molecule has 1 N–H and O–H groups in total. The van der Waals surface area contributed by atoms with Gasteiger partial charge in [-0.15, -0.1) is 24.8 Å². The number of aromatic nitrogens is 1. The largest absolute Gasteiger partial charge is 0.488 e. The number of rotatable bonds is 11. The second-order valence-electron chi connectivity index (χ2n) is 8.31. The van der Waals surface area contributed by atoms with Crippen molar-refractivity contribution in [1.82, 2.24) is 14.6 Å². The Labute approximate surface area is 205 Å². The molecule has 1 aromatic heterocycles. The van der Waals surface area contributed by atoms with Crippen molar-refractivity contribution in [3.8, 4) is 5.75 Å². The van der Waals surface area contributed by atoms with Gasteiger partial charge in [0.25, 0.3) is 0 Å². The fourth-order valence-corrected chi connectivity index (χ4v) is 4.50. The maximum Gasteiger partial charge on any atom is 0.208 e. The van der Waals surface area contributed by atoms with E-state index in [1.54, 1.807) is 0 Å². The van der Waals surface area contributed by atoms with Gasteiger partial charge in [0.1, 0.15) is 17.4 Å². The molecular formula is C23H37Cl2N3O3S. The summed E-state index contributed by atoms with van der Waals surface area (Å²) in [7, 11) is -3.08. The number of ether oxygens (including phenoxy) is 1. The Hall–Kier alpha value is -1.12. The normalized spacial score (nSPS) is 15.2. The summed E-state index contributed by atoms with van der Waals surface area (Å²) in [6.07, 6.45) is 10.6. The van der Waals surface area contributed by atoms with Gasteiger partial charge in [0.05, 0.1) is 6.26 Å². The Bertz CT molecular complexity index is 920. The number of unbranched alkanes of at least 4 members (excludes halogenated alkanes) is 2. The second-order valence-corrected chi connectivity index (χ2v) is 10.1. The van der Waals surface area contributed by atoms with E-state index in [0.29, 0.717) is 6.54 Å². The molecule has 1 saturated heterocycles. The van der Waals surface area contributed by atoms with E-state index in [4.69, 9.17) is 4.74 Å². The molecule has 32 heavy (non-hydrogen) atoms. The first-order valence-electron chi connectivity index (χ1n) is 11.2. The molecule has 0 spiro atoms. The van der Waals surface area contributed by atoms with Crippen LogP contribution < -0.4 is 9.46 Å². The molecule has 0 bridgehead atoms. The van der Waals surface area contributed by atoms with Gasteiger partial charge in [-0.05, 0) is 68.8 Å². The molecule has 9 heteroatoms. The predicted molar refractivity (Wildman–Crippen MR) is 137 cm³/mol. The Morgan fingerprint density at radius 2 is 1.91 bits per heavy atom. The number of hydrogen-bond acceptors (Lipinski definition) is 5. The summed E-state index contributed by atoms with van der Waals surface area (Å²) in [5.41, 5.74) is 2.28. The summed E-state index contributed by atoms with van der Waals surface area (Å²) in [4.78, 5) is 7.03. The Morgan fingerprint density at radius 1 is 1.16 bits per heavy atom. The molecule has 3 rings (SSSR count). The van der Waals surface area contributed by atoms with Gasteiger partial charge in [-0.1, -0.05) is 19.4 Å². The van der Waals surface area contributed by atoms with E-state index >= 15 is 0 Å². The fourth-order valence-electron chi connectivity index (χ4n) is 3.98. The van der Waals surface area contributed by atoms with Gasteiger partial charge >= 0.3 is 0 Å². The van der Waals surface area contributed by atoms with Crippen LogP contribution in [0, 0.1) is 0 Å². The van der Waals surface area contributed by atoms with Gasteiger partial charge in [0.15, 0.2) is 0 Å². The number of likely N-dealkylation sites (tertiary alicyclic amines) is 1. The fraction of sp³-hybridized carbons (Fsp3) is 0.609. The molecule has 0 radical (unpaired) electrons. The number of fused-ring (bicyclic) bond motifs is 1. The maximum absolute atomic E-state index is 11.1. The number of piperidine rings is 1. The van der Waals surface area contributed by atoms with Crippen molar-refractivity contribution in [3.05, 3.63) is 36.0 Å². The summed E-state index contributed by atoms with van der Waals surface area (Å²) in [5.74, 6) is 0.921. The van der Waals surface area contributed by atoms with Crippen LogP contribution in [0.15, 0.2) is 30.5 Å². The molecule has 0 atom stereocenters. The average molecular weight is 507 g/mol. The summed E-state index contributed by atoms with van der Waals surface area (Å²) >= 11 is 0. The molecule has 0 unspecified atom stereocenters. The van der Waals surface area contributed by atoms with Crippen LogP contribution in [0.5, 0.6) is 5.75 Å². The molecule has 0 saturated carbocycles. The molecule has 182 valence electrons. The van der Waals surface area contributed by atoms with Gasteiger partial charge in [0.2, 0.25) is 10.0 Å². The minimum Gasteiger partial charge on any atom is -0.488 e. The predicted octanol–water partition coefficient (Wildman–Crippen LogP) is 4.59. The van der Waals surface area contributed by atoms with Crippen molar-refractivity contribution < 1.29 is 13.2 Å². The Kier molecular flexibility index (Phi) is 12.8. The van der Waals surface area contributed by atoms with Gasteiger partial charge in [-0.2, -0.15) is 0 Å². The first-order valence-corrected chi connectivity index (χ1v) is 13.0. The van der Waals surface area contributed by atoms with E-state index < -0.39 is 10.0 Å². The molecule has 1 fully saturated rings. The van der Waals surface area contributed by atoms with Crippen molar-refractivity contribution in [1.29, 1.82) is 0 Å². The second kappa shape index (κ2) is 14.2. The highest BCUT2D eigenvalue weighted by Gasteiger charge is 2.21. The lowest BCUT2D eigenvalue weighted by molar-refractivity contribution is 0.101. The highest BCUT2D eigenvalue weighted by atomic mass is 35.5. The summed E-state index contributed by atoms with van der Waals surface area (Å²) in [6, 6.07) is 8.53. The summed E-state index contributed by atoms with van der Waals surface area (Å²) in [6.45, 7) is 5.79. The highest BCUT2D eigenvalue weighted by Crippen LogP contribution is 2.29. The smallest absolute Gasteiger partial charge is 0.208 e. The van der Waals surface area contributed by atoms with E-state index in [1.165, 1.54) is 24.7 Å². The van der Waals surface area contributed by atoms with Crippen LogP contribution in [-0.2, 0) is 16.4 Å². The number of nitrogens with zero attached hydrogens (tertiary/aromatic N) is 2. The van der Waals surface area contributed by atoms with Crippen LogP contribution >= 0.6 is 24.8 Å². The summed E-state index contributed by atoms with van der Waals surface area (Å²) in [5, 5.41) is 1.15. The van der Waals surface area contributed by atoms with Crippen LogP contribution in [0.25, 0.3) is 10.9 Å². The lowest BCUT2D eigenvalue weighted by Crippen LogP contribution is -2.39. The molecule has 2 heterocycles. The monoisotopic (exact) mass is 505 g/mol. The quantitative estimate of drug-likeness (QED) is 0.452. The van der Waals surface area contributed by atoms with Crippen molar-refractivity contribution in [2.75, 3.05) is 32.4 Å². The Balaban J connectivity index is 0.00000256. The molecule has 0 amide bonds. The topological polar surface area (TPSA) is 71.5 Å². The number of aryl methyl sites for hydroxylation is 1. The number of nitrogens with one attached hydrogen (secondary N) is 1. The molecule has 0 aliphatic carbocycles. The van der Waals surface area contributed by atoms with Crippen LogP contribution in [-0.4, -0.2) is 56.8 Å². The first kappa shape index (κ1) is 28.9. The average Bonchev–Trinajstić information content (AvgIpc) is 2.72. The summed E-state index contributed by atoms with van der Waals surface area (Å²) < 4.78 is 31.2. The van der Waals surface area contributed by atoms with Crippen molar-refractivity contribution in [2.24, 2.45) is 0 Å². The number of sulfonamides is 1. The number of pyridine rings is 1. The maximum atomic E-state index is 11.1. The lowest BCUT2D eigenvalue weighted by Gasteiger charge is -2.32. The molecule has 2 aromatic rings. The van der Waals surface area contributed by atoms with E-state index in [9.17, 15) is 8.42 Å². The van der Waals surface area contributed by atoms with Gasteiger partial charge < -0.3 is 9.64 Å². The van der Waals surface area contributed by atoms with Crippen molar-refractivity contribution in [3.63, 3.8) is 0 Å². The minimum atomic E-state index is -3.08. The minimum absolute atomic E-state index is 0. The zero-order chi connectivity index (χ0) is 21.4. The molecule has 1 aromatic carbocycles. The number of halogens is 2. The van der Waals surface area contributed by atoms with E-state index in [0.717, 1.165) is 68.4 Å². The van der Waals surface area contributed by atoms with E-state index in [2.05, 4.69) is 39.7 Å². The molecular weight excluding hydrogens is 469 g/mol. The SMILES string of the molecule is CCCCc1cc(OC2CCN(CCCCNS(C)(=O)=O)CC2)c2ncccc2c1.Cl.Cl. The zero-order valence-electron chi connectivity index (χ0n) is 19.1. The Morgan fingerprint density at radius 3 is 2.59 bits per heavy atom. The van der Waals surface area contributed by atoms with Crippen molar-refractivity contribution >= 4 is 45.7 Å². The van der Waals surface area contributed by atoms with Crippen LogP contribution in [0.1, 0.15) is 51.0 Å². The standard InChI is InChI=1S/C23H35N3O3S.2ClH/c1-3-4-8-19-17-20-9-7-12-24-23(20)22(18-19)29-21-10-15-26(16-11-21)14-6-5-13-25-30(2,27)28;;/h7,9,12,17-18,21,25H,3-6,8,10-11,13-16H2,1-2H3;2*1H. The van der Waals surface area contributed by atoms with Gasteiger partial charge in [0, 0.05) is 31.2 Å². The zero-order valence-corrected chi connectivity index (χ0v) is 21.5. The van der Waals surface area contributed by atoms with Crippen LogP contribution in [0.2, 0.25) is 0 Å². The third kappa shape index (κ3) is 9.40.